The smallest absolute Gasteiger partial charge is 0.433 e. The maximum absolute atomic E-state index is 12.7. The van der Waals surface area contributed by atoms with Crippen molar-refractivity contribution in [3.8, 4) is 5.88 Å². The summed E-state index contributed by atoms with van der Waals surface area (Å²) >= 11 is 0. The zero-order valence-corrected chi connectivity index (χ0v) is 13.5. The molecule has 9 heteroatoms. The van der Waals surface area contributed by atoms with E-state index in [0.717, 1.165) is 12.5 Å². The number of pyridine rings is 1. The number of alkyl halides is 3. The normalized spacial score (nSPS) is 17.8. The van der Waals surface area contributed by atoms with Gasteiger partial charge in [-0.1, -0.05) is 6.07 Å². The van der Waals surface area contributed by atoms with Crippen molar-refractivity contribution in [2.75, 3.05) is 24.6 Å². The average Bonchev–Trinajstić information content (AvgIpc) is 3.04. The molecule has 25 heavy (non-hydrogen) atoms. The lowest BCUT2D eigenvalue weighted by Gasteiger charge is -2.17. The van der Waals surface area contributed by atoms with E-state index in [0.29, 0.717) is 18.9 Å². The van der Waals surface area contributed by atoms with Crippen LogP contribution in [0.2, 0.25) is 0 Å². The van der Waals surface area contributed by atoms with E-state index in [9.17, 15) is 18.0 Å². The molecule has 0 N–H and O–H groups in total. The zero-order chi connectivity index (χ0) is 18.0. The van der Waals surface area contributed by atoms with Crippen LogP contribution in [0, 0.1) is 5.92 Å². The third kappa shape index (κ3) is 3.92. The zero-order valence-electron chi connectivity index (χ0n) is 13.5. The number of rotatable bonds is 4. The van der Waals surface area contributed by atoms with Gasteiger partial charge >= 0.3 is 6.18 Å². The van der Waals surface area contributed by atoms with Gasteiger partial charge in [0.1, 0.15) is 5.69 Å². The number of nitrogens with zero attached hydrogens (tertiary/aromatic N) is 4. The van der Waals surface area contributed by atoms with Gasteiger partial charge < -0.3 is 14.2 Å². The molecule has 0 spiro atoms. The highest BCUT2D eigenvalue weighted by atomic mass is 19.4. The summed E-state index contributed by atoms with van der Waals surface area (Å²) in [5.41, 5.74) is -1.15. The van der Waals surface area contributed by atoms with Crippen LogP contribution in [0.1, 0.15) is 12.1 Å². The van der Waals surface area contributed by atoms with Crippen molar-refractivity contribution in [3.63, 3.8) is 0 Å². The van der Waals surface area contributed by atoms with Gasteiger partial charge in [-0.2, -0.15) is 13.2 Å². The standard InChI is InChI=1S/C16H17F3N4O2/c1-22-8-6-20-14(15(22)24)23-7-5-11(9-23)10-25-13-4-2-3-12(21-13)16(17,18)19/h2-4,6,8,11H,5,7,9-10H2,1H3. The third-order valence-electron chi connectivity index (χ3n) is 4.07. The molecule has 0 bridgehead atoms. The van der Waals surface area contributed by atoms with Gasteiger partial charge in [0, 0.05) is 44.5 Å². The summed E-state index contributed by atoms with van der Waals surface area (Å²) < 4.78 is 44.8. The Bertz CT molecular complexity index is 806. The predicted molar refractivity (Wildman–Crippen MR) is 84.5 cm³/mol. The number of anilines is 1. The summed E-state index contributed by atoms with van der Waals surface area (Å²) in [5, 5.41) is 0. The number of aromatic nitrogens is 3. The molecular formula is C16H17F3N4O2. The summed E-state index contributed by atoms with van der Waals surface area (Å²) in [6.45, 7) is 1.44. The molecule has 0 saturated carbocycles. The molecule has 3 heterocycles. The highest BCUT2D eigenvalue weighted by Gasteiger charge is 2.33. The fraction of sp³-hybridized carbons (Fsp3) is 0.438. The van der Waals surface area contributed by atoms with E-state index >= 15 is 0 Å². The van der Waals surface area contributed by atoms with E-state index in [2.05, 4.69) is 9.97 Å². The molecule has 2 aromatic rings. The molecule has 1 aliphatic rings. The predicted octanol–water partition coefficient (Wildman–Crippen LogP) is 2.10. The van der Waals surface area contributed by atoms with Crippen molar-refractivity contribution in [2.45, 2.75) is 12.6 Å². The molecular weight excluding hydrogens is 337 g/mol. The second-order valence-electron chi connectivity index (χ2n) is 5.94. The molecule has 1 atom stereocenters. The fourth-order valence-corrected chi connectivity index (χ4v) is 2.72. The van der Waals surface area contributed by atoms with Crippen LogP contribution >= 0.6 is 0 Å². The van der Waals surface area contributed by atoms with Crippen molar-refractivity contribution >= 4 is 5.82 Å². The summed E-state index contributed by atoms with van der Waals surface area (Å²) in [6.07, 6.45) is -0.587. The lowest BCUT2D eigenvalue weighted by Crippen LogP contribution is -2.31. The van der Waals surface area contributed by atoms with Crippen molar-refractivity contribution < 1.29 is 17.9 Å². The molecule has 1 fully saturated rings. The van der Waals surface area contributed by atoms with Crippen molar-refractivity contribution in [1.29, 1.82) is 0 Å². The Balaban J connectivity index is 1.61. The molecule has 2 aromatic heterocycles. The molecule has 134 valence electrons. The minimum absolute atomic E-state index is 0.0537. The second kappa shape index (κ2) is 6.73. The molecule has 0 aliphatic carbocycles. The van der Waals surface area contributed by atoms with E-state index in [1.165, 1.54) is 16.7 Å². The van der Waals surface area contributed by atoms with Gasteiger partial charge in [-0.15, -0.1) is 0 Å². The van der Waals surface area contributed by atoms with Crippen LogP contribution in [0.15, 0.2) is 35.4 Å². The first kappa shape index (κ1) is 17.2. The number of aryl methyl sites for hydroxylation is 1. The quantitative estimate of drug-likeness (QED) is 0.842. The first-order valence-electron chi connectivity index (χ1n) is 7.78. The molecule has 0 aromatic carbocycles. The molecule has 1 aliphatic heterocycles. The maximum Gasteiger partial charge on any atom is 0.433 e. The van der Waals surface area contributed by atoms with Crippen LogP contribution < -0.4 is 15.2 Å². The van der Waals surface area contributed by atoms with Crippen LogP contribution in [0.5, 0.6) is 5.88 Å². The van der Waals surface area contributed by atoms with Crippen LogP contribution in [-0.2, 0) is 13.2 Å². The number of halogens is 3. The van der Waals surface area contributed by atoms with Gasteiger partial charge in [0.25, 0.3) is 5.56 Å². The average molecular weight is 354 g/mol. The second-order valence-corrected chi connectivity index (χ2v) is 5.94. The highest BCUT2D eigenvalue weighted by molar-refractivity contribution is 5.37. The summed E-state index contributed by atoms with van der Waals surface area (Å²) in [5.74, 6) is 0.412. The molecule has 0 radical (unpaired) electrons. The van der Waals surface area contributed by atoms with E-state index in [-0.39, 0.29) is 24.0 Å². The number of hydrogen-bond acceptors (Lipinski definition) is 5. The molecule has 3 rings (SSSR count). The fourth-order valence-electron chi connectivity index (χ4n) is 2.72. The molecule has 1 saturated heterocycles. The van der Waals surface area contributed by atoms with Gasteiger partial charge in [0.15, 0.2) is 5.82 Å². The Morgan fingerprint density at radius 3 is 2.92 bits per heavy atom. The van der Waals surface area contributed by atoms with Crippen molar-refractivity contribution in [3.05, 3.63) is 46.6 Å². The molecule has 0 amide bonds. The van der Waals surface area contributed by atoms with Gasteiger partial charge in [-0.3, -0.25) is 4.79 Å². The summed E-state index contributed by atoms with van der Waals surface area (Å²) in [7, 11) is 1.66. The first-order chi connectivity index (χ1) is 11.8. The van der Waals surface area contributed by atoms with Gasteiger partial charge in [0.2, 0.25) is 5.88 Å². The van der Waals surface area contributed by atoms with Gasteiger partial charge in [-0.25, -0.2) is 9.97 Å². The Morgan fingerprint density at radius 2 is 2.16 bits per heavy atom. The Hall–Kier alpha value is -2.58. The lowest BCUT2D eigenvalue weighted by molar-refractivity contribution is -0.141. The SMILES string of the molecule is Cn1ccnc(N2CCC(COc3cccc(C(F)(F)F)n3)C2)c1=O. The van der Waals surface area contributed by atoms with Gasteiger partial charge in [-0.05, 0) is 12.5 Å². The van der Waals surface area contributed by atoms with E-state index in [4.69, 9.17) is 4.74 Å². The largest absolute Gasteiger partial charge is 0.477 e. The van der Waals surface area contributed by atoms with Crippen LogP contribution in [0.3, 0.4) is 0 Å². The van der Waals surface area contributed by atoms with Crippen molar-refractivity contribution in [2.24, 2.45) is 13.0 Å². The molecule has 6 nitrogen and oxygen atoms in total. The number of hydrogen-bond donors (Lipinski definition) is 0. The highest BCUT2D eigenvalue weighted by Crippen LogP contribution is 2.29. The minimum atomic E-state index is -4.50. The van der Waals surface area contributed by atoms with E-state index < -0.39 is 11.9 Å². The van der Waals surface area contributed by atoms with Crippen LogP contribution in [0.4, 0.5) is 19.0 Å². The van der Waals surface area contributed by atoms with E-state index in [1.54, 1.807) is 19.4 Å². The van der Waals surface area contributed by atoms with Gasteiger partial charge in [0.05, 0.1) is 6.61 Å². The Morgan fingerprint density at radius 1 is 1.36 bits per heavy atom. The molecule has 1 unspecified atom stereocenters. The van der Waals surface area contributed by atoms with Crippen LogP contribution in [-0.4, -0.2) is 34.2 Å². The summed E-state index contributed by atoms with van der Waals surface area (Å²) in [4.78, 5) is 21.6. The minimum Gasteiger partial charge on any atom is -0.477 e. The summed E-state index contributed by atoms with van der Waals surface area (Å²) in [6, 6.07) is 3.57. The number of ether oxygens (including phenoxy) is 1. The topological polar surface area (TPSA) is 60.3 Å². The Kier molecular flexibility index (Phi) is 4.65. The van der Waals surface area contributed by atoms with Crippen molar-refractivity contribution in [1.82, 2.24) is 14.5 Å². The van der Waals surface area contributed by atoms with E-state index in [1.807, 2.05) is 4.90 Å². The lowest BCUT2D eigenvalue weighted by atomic mass is 10.1. The van der Waals surface area contributed by atoms with Crippen LogP contribution in [0.25, 0.3) is 0 Å². The maximum atomic E-state index is 12.7. The Labute approximate surface area is 141 Å². The monoisotopic (exact) mass is 354 g/mol. The third-order valence-corrected chi connectivity index (χ3v) is 4.07. The first-order valence-corrected chi connectivity index (χ1v) is 7.78.